The quantitative estimate of drug-likeness (QED) is 0.778. The Balaban J connectivity index is 2.04. The lowest BCUT2D eigenvalue weighted by atomic mass is 10.2. The molecule has 1 aromatic carbocycles. The highest BCUT2D eigenvalue weighted by Gasteiger charge is 2.05. The van der Waals surface area contributed by atoms with E-state index >= 15 is 0 Å². The van der Waals surface area contributed by atoms with Crippen LogP contribution in [0.3, 0.4) is 0 Å². The molecule has 0 spiro atoms. The number of rotatable bonds is 5. The standard InChI is InChI=1S/C12H15N3O2/c1-2-3-8-17-12-13-11(14-15-12)9-4-6-10(16)7-5-9/h4-7,16H,2-3,8H2,1H3,(H,13,14,15). The molecular formula is C12H15N3O2. The lowest BCUT2D eigenvalue weighted by Gasteiger charge is -1.98. The van der Waals surface area contributed by atoms with E-state index in [4.69, 9.17) is 4.74 Å². The second kappa shape index (κ2) is 5.34. The number of aromatic hydroxyl groups is 1. The molecule has 0 saturated heterocycles. The topological polar surface area (TPSA) is 71.0 Å². The number of hydrogen-bond donors (Lipinski definition) is 2. The molecule has 90 valence electrons. The summed E-state index contributed by atoms with van der Waals surface area (Å²) in [5.41, 5.74) is 0.862. The number of nitrogens with one attached hydrogen (secondary N) is 1. The Morgan fingerprint density at radius 3 is 2.76 bits per heavy atom. The summed E-state index contributed by atoms with van der Waals surface area (Å²) in [5.74, 6) is 0.865. The van der Waals surface area contributed by atoms with E-state index < -0.39 is 0 Å². The van der Waals surface area contributed by atoms with Gasteiger partial charge in [0.2, 0.25) is 0 Å². The van der Waals surface area contributed by atoms with Gasteiger partial charge in [0.05, 0.1) is 6.61 Å². The zero-order chi connectivity index (χ0) is 12.1. The lowest BCUT2D eigenvalue weighted by molar-refractivity contribution is 0.286. The fourth-order valence-electron chi connectivity index (χ4n) is 1.37. The smallest absolute Gasteiger partial charge is 0.335 e. The third kappa shape index (κ3) is 2.96. The monoisotopic (exact) mass is 233 g/mol. The minimum absolute atomic E-state index is 0.229. The highest BCUT2D eigenvalue weighted by molar-refractivity contribution is 5.55. The SMILES string of the molecule is CCCCOc1n[nH]c(-c2ccc(O)cc2)n1. The summed E-state index contributed by atoms with van der Waals surface area (Å²) < 4.78 is 5.37. The molecule has 0 aliphatic carbocycles. The Bertz CT molecular complexity index is 465. The first-order chi connectivity index (χ1) is 8.29. The van der Waals surface area contributed by atoms with Gasteiger partial charge in [0, 0.05) is 5.56 Å². The van der Waals surface area contributed by atoms with Gasteiger partial charge in [0.15, 0.2) is 5.82 Å². The maximum absolute atomic E-state index is 9.18. The van der Waals surface area contributed by atoms with Crippen LogP contribution in [-0.4, -0.2) is 26.9 Å². The molecule has 2 N–H and O–H groups in total. The maximum Gasteiger partial charge on any atom is 0.335 e. The van der Waals surface area contributed by atoms with Crippen LogP contribution < -0.4 is 4.74 Å². The van der Waals surface area contributed by atoms with Gasteiger partial charge >= 0.3 is 6.01 Å². The molecule has 2 aromatic rings. The zero-order valence-electron chi connectivity index (χ0n) is 9.68. The van der Waals surface area contributed by atoms with Crippen molar-refractivity contribution in [2.45, 2.75) is 19.8 Å². The second-order valence-electron chi connectivity index (χ2n) is 3.72. The van der Waals surface area contributed by atoms with Crippen LogP contribution in [0.15, 0.2) is 24.3 Å². The van der Waals surface area contributed by atoms with E-state index in [0.717, 1.165) is 18.4 Å². The van der Waals surface area contributed by atoms with Crippen molar-refractivity contribution in [1.82, 2.24) is 15.2 Å². The van der Waals surface area contributed by atoms with Gasteiger partial charge in [-0.1, -0.05) is 13.3 Å². The highest BCUT2D eigenvalue weighted by atomic mass is 16.5. The normalized spacial score (nSPS) is 10.4. The average Bonchev–Trinajstić information content (AvgIpc) is 2.79. The van der Waals surface area contributed by atoms with E-state index in [2.05, 4.69) is 22.1 Å². The Morgan fingerprint density at radius 1 is 1.29 bits per heavy atom. The average molecular weight is 233 g/mol. The first kappa shape index (κ1) is 11.4. The second-order valence-corrected chi connectivity index (χ2v) is 3.72. The summed E-state index contributed by atoms with van der Waals surface area (Å²) in [6.07, 6.45) is 2.07. The first-order valence-corrected chi connectivity index (χ1v) is 5.64. The van der Waals surface area contributed by atoms with Gasteiger partial charge in [-0.3, -0.25) is 5.10 Å². The molecule has 5 nitrogen and oxygen atoms in total. The number of nitrogens with zero attached hydrogens (tertiary/aromatic N) is 2. The number of phenolic OH excluding ortho intramolecular Hbond substituents is 1. The summed E-state index contributed by atoms with van der Waals surface area (Å²) in [7, 11) is 0. The molecule has 5 heteroatoms. The van der Waals surface area contributed by atoms with Crippen molar-refractivity contribution < 1.29 is 9.84 Å². The molecule has 0 radical (unpaired) electrons. The van der Waals surface area contributed by atoms with E-state index in [1.807, 2.05) is 0 Å². The summed E-state index contributed by atoms with van der Waals surface area (Å²) in [5, 5.41) is 15.9. The largest absolute Gasteiger partial charge is 0.508 e. The first-order valence-electron chi connectivity index (χ1n) is 5.64. The van der Waals surface area contributed by atoms with Gasteiger partial charge in [0.25, 0.3) is 0 Å². The van der Waals surface area contributed by atoms with Gasteiger partial charge in [-0.15, -0.1) is 5.10 Å². The summed E-state index contributed by atoms with van der Waals surface area (Å²) in [6, 6.07) is 7.11. The van der Waals surface area contributed by atoms with Crippen molar-refractivity contribution in [2.24, 2.45) is 0 Å². The molecule has 17 heavy (non-hydrogen) atoms. The Labute approximate surface area is 99.5 Å². The number of ether oxygens (including phenoxy) is 1. The van der Waals surface area contributed by atoms with Crippen molar-refractivity contribution in [3.63, 3.8) is 0 Å². The Hall–Kier alpha value is -2.04. The predicted molar refractivity (Wildman–Crippen MR) is 63.9 cm³/mol. The maximum atomic E-state index is 9.18. The van der Waals surface area contributed by atoms with Crippen molar-refractivity contribution in [3.8, 4) is 23.1 Å². The van der Waals surface area contributed by atoms with Crippen LogP contribution in [0.2, 0.25) is 0 Å². The molecule has 2 rings (SSSR count). The summed E-state index contributed by atoms with van der Waals surface area (Å²) in [6.45, 7) is 2.73. The van der Waals surface area contributed by atoms with Crippen LogP contribution in [0.25, 0.3) is 11.4 Å². The van der Waals surface area contributed by atoms with E-state index in [9.17, 15) is 5.11 Å². The van der Waals surface area contributed by atoms with Crippen LogP contribution >= 0.6 is 0 Å². The Morgan fingerprint density at radius 2 is 2.06 bits per heavy atom. The molecule has 0 aliphatic rings. The van der Waals surface area contributed by atoms with E-state index in [1.165, 1.54) is 0 Å². The van der Waals surface area contributed by atoms with E-state index in [-0.39, 0.29) is 5.75 Å². The number of aromatic amines is 1. The van der Waals surface area contributed by atoms with Crippen LogP contribution in [0, 0.1) is 0 Å². The number of hydrogen-bond acceptors (Lipinski definition) is 4. The fourth-order valence-corrected chi connectivity index (χ4v) is 1.37. The van der Waals surface area contributed by atoms with Crippen LogP contribution in [-0.2, 0) is 0 Å². The highest BCUT2D eigenvalue weighted by Crippen LogP contribution is 2.19. The third-order valence-corrected chi connectivity index (χ3v) is 2.33. The van der Waals surface area contributed by atoms with Gasteiger partial charge in [-0.2, -0.15) is 4.98 Å². The van der Waals surface area contributed by atoms with Gasteiger partial charge in [-0.25, -0.2) is 0 Å². The number of aromatic nitrogens is 3. The molecule has 0 aliphatic heterocycles. The molecule has 1 heterocycles. The van der Waals surface area contributed by atoms with E-state index in [1.54, 1.807) is 24.3 Å². The Kier molecular flexibility index (Phi) is 3.59. The molecule has 0 unspecified atom stereocenters. The number of H-pyrrole nitrogens is 1. The van der Waals surface area contributed by atoms with Gasteiger partial charge in [0.1, 0.15) is 5.75 Å². The van der Waals surface area contributed by atoms with Crippen molar-refractivity contribution >= 4 is 0 Å². The van der Waals surface area contributed by atoms with Crippen molar-refractivity contribution in [3.05, 3.63) is 24.3 Å². The number of benzene rings is 1. The number of phenols is 1. The lowest BCUT2D eigenvalue weighted by Crippen LogP contribution is -1.97. The number of unbranched alkanes of at least 4 members (excludes halogenated alkanes) is 1. The van der Waals surface area contributed by atoms with Crippen LogP contribution in [0.5, 0.6) is 11.8 Å². The molecule has 1 aromatic heterocycles. The molecule has 0 fully saturated rings. The van der Waals surface area contributed by atoms with Crippen molar-refractivity contribution in [1.29, 1.82) is 0 Å². The zero-order valence-corrected chi connectivity index (χ0v) is 9.68. The van der Waals surface area contributed by atoms with Gasteiger partial charge < -0.3 is 9.84 Å². The van der Waals surface area contributed by atoms with Gasteiger partial charge in [-0.05, 0) is 30.7 Å². The van der Waals surface area contributed by atoms with E-state index in [0.29, 0.717) is 18.4 Å². The minimum Gasteiger partial charge on any atom is -0.508 e. The predicted octanol–water partition coefficient (Wildman–Crippen LogP) is 2.36. The molecule has 0 bridgehead atoms. The van der Waals surface area contributed by atoms with Crippen molar-refractivity contribution in [2.75, 3.05) is 6.61 Å². The fraction of sp³-hybridized carbons (Fsp3) is 0.333. The molecule has 0 amide bonds. The molecule has 0 atom stereocenters. The summed E-state index contributed by atoms with van der Waals surface area (Å²) >= 11 is 0. The minimum atomic E-state index is 0.229. The third-order valence-electron chi connectivity index (χ3n) is 2.33. The van der Waals surface area contributed by atoms with Crippen LogP contribution in [0.1, 0.15) is 19.8 Å². The molecule has 0 saturated carbocycles. The molecular weight excluding hydrogens is 218 g/mol. The summed E-state index contributed by atoms with van der Waals surface area (Å²) in [4.78, 5) is 4.21. The van der Waals surface area contributed by atoms with Crippen LogP contribution in [0.4, 0.5) is 0 Å².